The molecule has 108 valence electrons. The topological polar surface area (TPSA) is 58.6 Å². The van der Waals surface area contributed by atoms with Gasteiger partial charge in [-0.05, 0) is 29.6 Å². The van der Waals surface area contributed by atoms with Gasteiger partial charge in [0.05, 0.1) is 17.8 Å². The predicted octanol–water partition coefficient (Wildman–Crippen LogP) is 3.01. The van der Waals surface area contributed by atoms with E-state index in [1.54, 1.807) is 29.6 Å². The molecule has 0 atom stereocenters. The first-order chi connectivity index (χ1) is 10.2. The molecule has 0 saturated heterocycles. The van der Waals surface area contributed by atoms with Crippen LogP contribution < -0.4 is 10.1 Å². The smallest absolute Gasteiger partial charge is 0.269 e. The first-order valence-electron chi connectivity index (χ1n) is 5.98. The lowest BCUT2D eigenvalue weighted by Gasteiger charge is -2.08. The second kappa shape index (κ2) is 7.14. The first-order valence-corrected chi connectivity index (χ1v) is 7.23. The van der Waals surface area contributed by atoms with Gasteiger partial charge in [0.15, 0.2) is 0 Å². The monoisotopic (exact) mass is 321 g/mol. The molecule has 0 aliphatic carbocycles. The molecule has 0 unspecified atom stereocenters. The first kappa shape index (κ1) is 15.4. The molecule has 0 radical (unpaired) electrons. The maximum Gasteiger partial charge on any atom is 0.269 e. The largest absolute Gasteiger partial charge is 0.495 e. The van der Waals surface area contributed by atoms with Gasteiger partial charge in [0.25, 0.3) is 5.91 Å². The zero-order chi connectivity index (χ0) is 15.2. The van der Waals surface area contributed by atoms with E-state index < -0.39 is 0 Å². The van der Waals surface area contributed by atoms with E-state index in [9.17, 15) is 4.79 Å². The van der Waals surface area contributed by atoms with Gasteiger partial charge in [0, 0.05) is 5.56 Å². The van der Waals surface area contributed by atoms with Crippen molar-refractivity contribution < 1.29 is 14.6 Å². The maximum atomic E-state index is 12.2. The summed E-state index contributed by atoms with van der Waals surface area (Å²) >= 11 is 7.35. The number of hydrogen-bond acceptors (Lipinski definition) is 4. The molecule has 0 fully saturated rings. The van der Waals surface area contributed by atoms with Crippen molar-refractivity contribution in [3.8, 4) is 17.6 Å². The Labute approximate surface area is 131 Å². The van der Waals surface area contributed by atoms with Crippen molar-refractivity contribution in [2.24, 2.45) is 0 Å². The van der Waals surface area contributed by atoms with E-state index in [1.807, 2.05) is 0 Å². The Morgan fingerprint density at radius 3 is 3.00 bits per heavy atom. The van der Waals surface area contributed by atoms with E-state index in [1.165, 1.54) is 18.4 Å². The van der Waals surface area contributed by atoms with Crippen LogP contribution in [0.2, 0.25) is 5.02 Å². The van der Waals surface area contributed by atoms with E-state index in [4.69, 9.17) is 21.4 Å². The highest BCUT2D eigenvalue weighted by Crippen LogP contribution is 2.28. The summed E-state index contributed by atoms with van der Waals surface area (Å²) in [7, 11) is 1.51. The lowest BCUT2D eigenvalue weighted by atomic mass is 10.2. The second-order valence-corrected chi connectivity index (χ2v) is 5.25. The number of ether oxygens (including phenoxy) is 1. The molecule has 2 rings (SSSR count). The molecule has 0 spiro atoms. The zero-order valence-electron chi connectivity index (χ0n) is 11.1. The van der Waals surface area contributed by atoms with Crippen molar-refractivity contribution in [3.63, 3.8) is 0 Å². The number of rotatable bonds is 3. The Balaban J connectivity index is 2.24. The molecule has 0 bridgehead atoms. The second-order valence-electron chi connectivity index (χ2n) is 3.93. The number of amides is 1. The van der Waals surface area contributed by atoms with Crippen LogP contribution in [0, 0.1) is 11.8 Å². The van der Waals surface area contributed by atoms with Crippen LogP contribution in [0.4, 0.5) is 5.69 Å². The minimum Gasteiger partial charge on any atom is -0.495 e. The zero-order valence-corrected chi connectivity index (χ0v) is 12.7. The molecule has 1 aromatic carbocycles. The molecule has 1 aromatic heterocycles. The van der Waals surface area contributed by atoms with Gasteiger partial charge in [-0.15, -0.1) is 11.3 Å². The van der Waals surface area contributed by atoms with Crippen LogP contribution >= 0.6 is 22.9 Å². The van der Waals surface area contributed by atoms with Crippen molar-refractivity contribution >= 4 is 34.5 Å². The Kier molecular flexibility index (Phi) is 5.23. The maximum absolute atomic E-state index is 12.2. The number of hydrogen-bond donors (Lipinski definition) is 2. The minimum absolute atomic E-state index is 0.225. The van der Waals surface area contributed by atoms with Crippen molar-refractivity contribution in [1.82, 2.24) is 0 Å². The van der Waals surface area contributed by atoms with Gasteiger partial charge < -0.3 is 15.2 Å². The van der Waals surface area contributed by atoms with E-state index in [0.29, 0.717) is 26.9 Å². The number of aliphatic hydroxyl groups excluding tert-OH is 1. The highest BCUT2D eigenvalue weighted by Gasteiger charge is 2.15. The van der Waals surface area contributed by atoms with Gasteiger partial charge in [0.2, 0.25) is 0 Å². The summed E-state index contributed by atoms with van der Waals surface area (Å²) in [6.07, 6.45) is 0. The minimum atomic E-state index is -0.295. The van der Waals surface area contributed by atoms with E-state index in [-0.39, 0.29) is 12.5 Å². The molecular weight excluding hydrogens is 310 g/mol. The van der Waals surface area contributed by atoms with Crippen molar-refractivity contribution in [2.45, 2.75) is 0 Å². The molecule has 1 heterocycles. The van der Waals surface area contributed by atoms with Crippen LogP contribution in [-0.2, 0) is 0 Å². The summed E-state index contributed by atoms with van der Waals surface area (Å²) in [5.41, 5.74) is 1.11. The number of nitrogens with one attached hydrogen (secondary N) is 1. The third kappa shape index (κ3) is 3.76. The SMILES string of the molecule is COc1ccsc1C(=O)Nc1cc(C#CCO)ccc1Cl. The Bertz CT molecular complexity index is 715. The molecule has 0 aliphatic heterocycles. The number of aliphatic hydroxyl groups is 1. The Hall–Kier alpha value is -2.00. The highest BCUT2D eigenvalue weighted by atomic mass is 35.5. The average Bonchev–Trinajstić information content (AvgIpc) is 2.96. The number of anilines is 1. The fourth-order valence-electron chi connectivity index (χ4n) is 1.64. The van der Waals surface area contributed by atoms with Gasteiger partial charge in [-0.2, -0.15) is 0 Å². The molecule has 21 heavy (non-hydrogen) atoms. The van der Waals surface area contributed by atoms with E-state index >= 15 is 0 Å². The Morgan fingerprint density at radius 1 is 1.48 bits per heavy atom. The highest BCUT2D eigenvalue weighted by molar-refractivity contribution is 7.12. The fraction of sp³-hybridized carbons (Fsp3) is 0.133. The number of thiophene rings is 1. The number of halogens is 1. The molecule has 2 aromatic rings. The third-order valence-electron chi connectivity index (χ3n) is 2.58. The summed E-state index contributed by atoms with van der Waals surface area (Å²) in [5, 5.41) is 13.6. The van der Waals surface area contributed by atoms with Gasteiger partial charge in [-0.25, -0.2) is 0 Å². The summed E-state index contributed by atoms with van der Waals surface area (Å²) < 4.78 is 5.12. The summed E-state index contributed by atoms with van der Waals surface area (Å²) in [6, 6.07) is 6.74. The molecule has 0 saturated carbocycles. The molecule has 1 amide bonds. The van der Waals surface area contributed by atoms with E-state index in [0.717, 1.165) is 0 Å². The number of methoxy groups -OCH3 is 1. The average molecular weight is 322 g/mol. The van der Waals surface area contributed by atoms with Crippen LogP contribution in [0.1, 0.15) is 15.2 Å². The van der Waals surface area contributed by atoms with Crippen molar-refractivity contribution in [1.29, 1.82) is 0 Å². The lowest BCUT2D eigenvalue weighted by Crippen LogP contribution is -2.11. The van der Waals surface area contributed by atoms with Crippen molar-refractivity contribution in [2.75, 3.05) is 19.0 Å². The Morgan fingerprint density at radius 2 is 2.29 bits per heavy atom. The number of benzene rings is 1. The van der Waals surface area contributed by atoms with Gasteiger partial charge in [-0.3, -0.25) is 4.79 Å². The molecule has 6 heteroatoms. The van der Waals surface area contributed by atoms with Gasteiger partial charge >= 0.3 is 0 Å². The molecule has 2 N–H and O–H groups in total. The van der Waals surface area contributed by atoms with Gasteiger partial charge in [0.1, 0.15) is 17.2 Å². The fourth-order valence-corrected chi connectivity index (χ4v) is 2.56. The van der Waals surface area contributed by atoms with Crippen LogP contribution in [0.15, 0.2) is 29.6 Å². The summed E-state index contributed by atoms with van der Waals surface area (Å²) in [5.74, 6) is 5.53. The van der Waals surface area contributed by atoms with Crippen LogP contribution in [0.5, 0.6) is 5.75 Å². The quantitative estimate of drug-likeness (QED) is 0.854. The number of carbonyl (C=O) groups is 1. The van der Waals surface area contributed by atoms with Crippen LogP contribution in [0.25, 0.3) is 0 Å². The van der Waals surface area contributed by atoms with Crippen molar-refractivity contribution in [3.05, 3.63) is 45.1 Å². The predicted molar refractivity (Wildman–Crippen MR) is 84.2 cm³/mol. The van der Waals surface area contributed by atoms with E-state index in [2.05, 4.69) is 17.2 Å². The normalized spacial score (nSPS) is 9.67. The standard InChI is InChI=1S/C15H12ClNO3S/c1-20-13-6-8-21-14(13)15(19)17-12-9-10(3-2-7-18)4-5-11(12)16/h4-6,8-9,18H,7H2,1H3,(H,17,19). The molecular formula is C15H12ClNO3S. The lowest BCUT2D eigenvalue weighted by molar-refractivity contribution is 0.102. The molecule has 0 aliphatic rings. The summed E-state index contributed by atoms with van der Waals surface area (Å²) in [4.78, 5) is 12.7. The van der Waals surface area contributed by atoms with Crippen LogP contribution in [0.3, 0.4) is 0 Å². The summed E-state index contributed by atoms with van der Waals surface area (Å²) in [6.45, 7) is -0.225. The van der Waals surface area contributed by atoms with Gasteiger partial charge in [-0.1, -0.05) is 23.4 Å². The number of carbonyl (C=O) groups excluding carboxylic acids is 1. The van der Waals surface area contributed by atoms with Crippen LogP contribution in [-0.4, -0.2) is 24.7 Å². The molecule has 4 nitrogen and oxygen atoms in total. The third-order valence-corrected chi connectivity index (χ3v) is 3.81.